The van der Waals surface area contributed by atoms with E-state index in [1.165, 1.54) is 21.1 Å². The topological polar surface area (TPSA) is 91.4 Å². The molecule has 0 aromatic carbocycles. The molecule has 2 atom stereocenters. The molecule has 0 aromatic rings. The number of hydrogen-bond acceptors (Lipinski definition) is 7. The highest BCUT2D eigenvalue weighted by Gasteiger charge is 2.57. The molecule has 1 aliphatic rings. The summed E-state index contributed by atoms with van der Waals surface area (Å²) in [5, 5.41) is 0.843. The van der Waals surface area contributed by atoms with E-state index in [2.05, 4.69) is 4.74 Å². The Morgan fingerprint density at radius 2 is 1.95 bits per heavy atom. The number of esters is 2. The van der Waals surface area contributed by atoms with Crippen molar-refractivity contribution >= 4 is 17.8 Å². The van der Waals surface area contributed by atoms with Crippen molar-refractivity contribution in [2.24, 2.45) is 0 Å². The molecule has 1 heterocycles. The molecule has 20 heavy (non-hydrogen) atoms. The van der Waals surface area contributed by atoms with Gasteiger partial charge in [-0.3, -0.25) is 9.59 Å². The molecule has 0 saturated carbocycles. The zero-order valence-corrected chi connectivity index (χ0v) is 12.0. The summed E-state index contributed by atoms with van der Waals surface area (Å²) in [5.74, 6) is -1.93. The van der Waals surface area contributed by atoms with Crippen molar-refractivity contribution in [1.29, 1.82) is 0 Å². The van der Waals surface area contributed by atoms with Crippen molar-refractivity contribution in [3.63, 3.8) is 0 Å². The van der Waals surface area contributed by atoms with Gasteiger partial charge in [-0.2, -0.15) is 0 Å². The molecule has 8 heteroatoms. The van der Waals surface area contributed by atoms with Gasteiger partial charge in [0, 0.05) is 20.0 Å². The second-order valence-electron chi connectivity index (χ2n) is 4.28. The van der Waals surface area contributed by atoms with Crippen LogP contribution in [-0.4, -0.2) is 55.6 Å². The van der Waals surface area contributed by atoms with Crippen molar-refractivity contribution in [1.82, 2.24) is 5.06 Å². The van der Waals surface area contributed by atoms with Gasteiger partial charge in [0.1, 0.15) is 0 Å². The van der Waals surface area contributed by atoms with E-state index in [0.29, 0.717) is 6.61 Å². The molecule has 1 saturated heterocycles. The minimum Gasteiger partial charge on any atom is -0.469 e. The summed E-state index contributed by atoms with van der Waals surface area (Å²) in [6, 6.07) is 0. The smallest absolute Gasteiger partial charge is 0.335 e. The van der Waals surface area contributed by atoms with Gasteiger partial charge in [0.2, 0.25) is 5.91 Å². The third kappa shape index (κ3) is 3.07. The zero-order valence-electron chi connectivity index (χ0n) is 12.0. The van der Waals surface area contributed by atoms with E-state index in [-0.39, 0.29) is 12.8 Å². The molecular weight excluding hydrogens is 270 g/mol. The van der Waals surface area contributed by atoms with Gasteiger partial charge in [0.25, 0.3) is 0 Å². The van der Waals surface area contributed by atoms with Crippen molar-refractivity contribution < 1.29 is 33.4 Å². The summed E-state index contributed by atoms with van der Waals surface area (Å²) in [6.07, 6.45) is -1.16. The van der Waals surface area contributed by atoms with Crippen LogP contribution in [0.2, 0.25) is 0 Å². The van der Waals surface area contributed by atoms with Gasteiger partial charge in [0.05, 0.1) is 20.6 Å². The largest absolute Gasteiger partial charge is 0.469 e. The summed E-state index contributed by atoms with van der Waals surface area (Å²) in [5.41, 5.74) is -1.56. The van der Waals surface area contributed by atoms with Crippen molar-refractivity contribution in [3.8, 4) is 0 Å². The van der Waals surface area contributed by atoms with Gasteiger partial charge in [-0.15, -0.1) is 0 Å². The Labute approximate surface area is 116 Å². The first-order valence-electron chi connectivity index (χ1n) is 6.15. The molecule has 0 N–H and O–H groups in total. The molecule has 0 unspecified atom stereocenters. The molecular formula is C12H19NO7. The lowest BCUT2D eigenvalue weighted by Crippen LogP contribution is -2.53. The highest BCUT2D eigenvalue weighted by molar-refractivity contribution is 5.91. The number of nitrogens with zero attached hydrogens (tertiary/aromatic N) is 1. The molecule has 0 aliphatic carbocycles. The number of methoxy groups -OCH3 is 2. The minimum atomic E-state index is -1.56. The van der Waals surface area contributed by atoms with Gasteiger partial charge in [-0.1, -0.05) is 0 Å². The van der Waals surface area contributed by atoms with E-state index >= 15 is 0 Å². The van der Waals surface area contributed by atoms with Crippen LogP contribution < -0.4 is 0 Å². The Balaban J connectivity index is 3.12. The predicted octanol–water partition coefficient (Wildman–Crippen LogP) is 0.00770. The monoisotopic (exact) mass is 289 g/mol. The van der Waals surface area contributed by atoms with Crippen LogP contribution in [0.4, 0.5) is 0 Å². The third-order valence-corrected chi connectivity index (χ3v) is 2.98. The molecule has 0 bridgehead atoms. The lowest BCUT2D eigenvalue weighted by Gasteiger charge is -2.31. The molecule has 0 aromatic heterocycles. The average molecular weight is 289 g/mol. The molecule has 1 amide bonds. The summed E-state index contributed by atoms with van der Waals surface area (Å²) in [6.45, 7) is 3.31. The fourth-order valence-corrected chi connectivity index (χ4v) is 2.15. The number of hydrogen-bond donors (Lipinski definition) is 0. The summed E-state index contributed by atoms with van der Waals surface area (Å²) in [4.78, 5) is 40.6. The average Bonchev–Trinajstić information content (AvgIpc) is 2.78. The Hall–Kier alpha value is -1.67. The number of amides is 1. The van der Waals surface area contributed by atoms with Gasteiger partial charge in [-0.05, 0) is 6.92 Å². The second-order valence-corrected chi connectivity index (χ2v) is 4.28. The minimum absolute atomic E-state index is 0.00218. The maximum atomic E-state index is 12.1. The zero-order chi connectivity index (χ0) is 15.3. The van der Waals surface area contributed by atoms with Crippen LogP contribution in [0.3, 0.4) is 0 Å². The number of ether oxygens (including phenoxy) is 3. The van der Waals surface area contributed by atoms with Crippen LogP contribution in [0.15, 0.2) is 0 Å². The normalized spacial score (nSPS) is 25.4. The van der Waals surface area contributed by atoms with Crippen LogP contribution in [-0.2, 0) is 33.4 Å². The Morgan fingerprint density at radius 1 is 1.30 bits per heavy atom. The van der Waals surface area contributed by atoms with Gasteiger partial charge in [-0.25, -0.2) is 14.7 Å². The fourth-order valence-electron chi connectivity index (χ4n) is 2.15. The highest BCUT2D eigenvalue weighted by Crippen LogP contribution is 2.36. The van der Waals surface area contributed by atoms with Crippen LogP contribution in [0.1, 0.15) is 26.7 Å². The molecule has 0 radical (unpaired) electrons. The standard InChI is InChI=1S/C12H19NO7/c1-5-19-10-7-12(11(16)18-4,6-9(15)17-3)13(20-10)8(2)14/h10H,5-7H2,1-4H3/t10-,12-/m0/s1. The SMILES string of the molecule is CCO[C@@H]1C[C@@](CC(=O)OC)(C(=O)OC)N(C(C)=O)O1. The predicted molar refractivity (Wildman–Crippen MR) is 65.0 cm³/mol. The first-order valence-corrected chi connectivity index (χ1v) is 6.15. The van der Waals surface area contributed by atoms with E-state index < -0.39 is 29.7 Å². The van der Waals surface area contributed by atoms with E-state index in [1.807, 2.05) is 0 Å². The van der Waals surface area contributed by atoms with Crippen LogP contribution in [0, 0.1) is 0 Å². The lowest BCUT2D eigenvalue weighted by molar-refractivity contribution is -0.244. The third-order valence-electron chi connectivity index (χ3n) is 2.98. The van der Waals surface area contributed by atoms with Crippen LogP contribution >= 0.6 is 0 Å². The molecule has 8 nitrogen and oxygen atoms in total. The quantitative estimate of drug-likeness (QED) is 0.658. The lowest BCUT2D eigenvalue weighted by atomic mass is 9.91. The van der Waals surface area contributed by atoms with Gasteiger partial charge >= 0.3 is 11.9 Å². The number of carbonyl (C=O) groups excluding carboxylic acids is 3. The molecule has 0 spiro atoms. The number of carbonyl (C=O) groups is 3. The van der Waals surface area contributed by atoms with Gasteiger partial charge < -0.3 is 14.2 Å². The highest BCUT2D eigenvalue weighted by atomic mass is 16.8. The molecule has 1 aliphatic heterocycles. The summed E-state index contributed by atoms with van der Waals surface area (Å²) < 4.78 is 14.6. The number of rotatable bonds is 5. The first kappa shape index (κ1) is 16.4. The Bertz CT molecular complexity index is 397. The van der Waals surface area contributed by atoms with Crippen molar-refractivity contribution in [2.45, 2.75) is 38.5 Å². The van der Waals surface area contributed by atoms with E-state index in [0.717, 1.165) is 5.06 Å². The summed E-state index contributed by atoms with van der Waals surface area (Å²) >= 11 is 0. The van der Waals surface area contributed by atoms with E-state index in [4.69, 9.17) is 14.3 Å². The molecule has 1 fully saturated rings. The summed E-state index contributed by atoms with van der Waals surface area (Å²) in [7, 11) is 2.37. The molecule has 1 rings (SSSR count). The second kappa shape index (κ2) is 6.67. The Morgan fingerprint density at radius 3 is 2.40 bits per heavy atom. The van der Waals surface area contributed by atoms with E-state index in [9.17, 15) is 14.4 Å². The Kier molecular flexibility index (Phi) is 5.46. The fraction of sp³-hybridized carbons (Fsp3) is 0.750. The van der Waals surface area contributed by atoms with Gasteiger partial charge in [0.15, 0.2) is 11.8 Å². The first-order chi connectivity index (χ1) is 9.41. The van der Waals surface area contributed by atoms with E-state index in [1.54, 1.807) is 6.92 Å². The maximum absolute atomic E-state index is 12.1. The number of hydroxylamine groups is 2. The van der Waals surface area contributed by atoms with Crippen LogP contribution in [0.25, 0.3) is 0 Å². The van der Waals surface area contributed by atoms with Crippen LogP contribution in [0.5, 0.6) is 0 Å². The van der Waals surface area contributed by atoms with Crippen molar-refractivity contribution in [3.05, 3.63) is 0 Å². The van der Waals surface area contributed by atoms with Crippen molar-refractivity contribution in [2.75, 3.05) is 20.8 Å². The molecule has 114 valence electrons. The maximum Gasteiger partial charge on any atom is 0.335 e.